The van der Waals surface area contributed by atoms with Gasteiger partial charge in [-0.15, -0.1) is 0 Å². The van der Waals surface area contributed by atoms with E-state index in [4.69, 9.17) is 16.7 Å². The number of carbonyl (C=O) groups is 1. The highest BCUT2D eigenvalue weighted by Gasteiger charge is 2.31. The summed E-state index contributed by atoms with van der Waals surface area (Å²) in [6, 6.07) is 5.38. The largest absolute Gasteiger partial charge is 0.362 e. The van der Waals surface area contributed by atoms with Crippen molar-refractivity contribution in [3.8, 4) is 16.9 Å². The first-order chi connectivity index (χ1) is 14.7. The van der Waals surface area contributed by atoms with Crippen LogP contribution in [0.1, 0.15) is 10.4 Å². The van der Waals surface area contributed by atoms with Gasteiger partial charge in [0.2, 0.25) is 6.36 Å². The predicted molar refractivity (Wildman–Crippen MR) is 102 cm³/mol. The fraction of sp³-hybridized carbons (Fsp3) is 0.158. The van der Waals surface area contributed by atoms with Gasteiger partial charge in [0.1, 0.15) is 17.4 Å². The molecule has 0 aliphatic rings. The third-order valence-corrected chi connectivity index (χ3v) is 4.35. The van der Waals surface area contributed by atoms with Crippen LogP contribution in [-0.4, -0.2) is 44.6 Å². The lowest BCUT2D eigenvalue weighted by Gasteiger charge is -2.18. The molecule has 2 heterocycles. The molecule has 2 atom stereocenters. The Hall–Kier alpha value is -3.31. The molecule has 0 aliphatic heterocycles. The summed E-state index contributed by atoms with van der Waals surface area (Å²) in [6.07, 6.45) is -4.55. The van der Waals surface area contributed by atoms with E-state index in [2.05, 4.69) is 10.1 Å². The lowest BCUT2D eigenvalue weighted by molar-refractivity contribution is -0.0481. The van der Waals surface area contributed by atoms with Gasteiger partial charge in [0, 0.05) is 16.7 Å². The van der Waals surface area contributed by atoms with E-state index in [1.54, 1.807) is 5.32 Å². The van der Waals surface area contributed by atoms with E-state index in [9.17, 15) is 27.2 Å². The summed E-state index contributed by atoms with van der Waals surface area (Å²) in [4.78, 5) is 28.9. The lowest BCUT2D eigenvalue weighted by atomic mass is 10.1. The number of nitrogens with zero attached hydrogens (tertiary/aromatic N) is 3. The monoisotopic (exact) mass is 456 g/mol. The fourth-order valence-electron chi connectivity index (χ4n) is 2.59. The molecule has 3 aromatic rings. The van der Waals surface area contributed by atoms with E-state index in [-0.39, 0.29) is 11.4 Å². The van der Waals surface area contributed by atoms with Crippen molar-refractivity contribution in [1.82, 2.24) is 20.1 Å². The Labute approximate surface area is 176 Å². The standard InChI is InChI=1S/C19H13ClF4N4O3/c20-10-3-1-9(2-4-10)14-6-13(18(30)26-15(16(22)23)17(24)29)19(31)28(27-14)12-5-11(21)7-25-8-12/h1-8,15-17,29H,(H,26,30). The maximum absolute atomic E-state index is 13.6. The fourth-order valence-corrected chi connectivity index (χ4v) is 2.72. The van der Waals surface area contributed by atoms with Gasteiger partial charge in [-0.3, -0.25) is 14.6 Å². The summed E-state index contributed by atoms with van der Waals surface area (Å²) in [7, 11) is 0. The molecular formula is C19H13ClF4N4O3. The molecule has 0 saturated carbocycles. The first kappa shape index (κ1) is 22.4. The van der Waals surface area contributed by atoms with Crippen molar-refractivity contribution in [2.24, 2.45) is 0 Å². The zero-order chi connectivity index (χ0) is 22.7. The molecule has 0 bridgehead atoms. The second-order valence-corrected chi connectivity index (χ2v) is 6.67. The Morgan fingerprint density at radius 1 is 1.13 bits per heavy atom. The molecule has 0 spiro atoms. The van der Waals surface area contributed by atoms with E-state index in [1.165, 1.54) is 24.3 Å². The average Bonchev–Trinajstić information content (AvgIpc) is 2.72. The summed E-state index contributed by atoms with van der Waals surface area (Å²) in [5, 5.41) is 14.9. The summed E-state index contributed by atoms with van der Waals surface area (Å²) < 4.78 is 53.2. The van der Waals surface area contributed by atoms with Crippen LogP contribution < -0.4 is 10.9 Å². The number of alkyl halides is 3. The van der Waals surface area contributed by atoms with Gasteiger partial charge in [0.05, 0.1) is 23.8 Å². The number of aliphatic hydroxyl groups excluding tert-OH is 1. The third-order valence-electron chi connectivity index (χ3n) is 4.10. The van der Waals surface area contributed by atoms with E-state index < -0.39 is 41.7 Å². The van der Waals surface area contributed by atoms with Crippen LogP contribution in [0, 0.1) is 5.82 Å². The Bertz CT molecular complexity index is 1150. The minimum atomic E-state index is -3.45. The molecule has 12 heteroatoms. The van der Waals surface area contributed by atoms with Gasteiger partial charge in [0.25, 0.3) is 17.9 Å². The smallest absolute Gasteiger partial charge is 0.284 e. The van der Waals surface area contributed by atoms with Gasteiger partial charge >= 0.3 is 0 Å². The molecular weight excluding hydrogens is 444 g/mol. The van der Waals surface area contributed by atoms with Crippen LogP contribution >= 0.6 is 11.6 Å². The summed E-state index contributed by atoms with van der Waals surface area (Å²) in [6.45, 7) is 0. The highest BCUT2D eigenvalue weighted by molar-refractivity contribution is 6.30. The van der Waals surface area contributed by atoms with Crippen LogP contribution in [0.25, 0.3) is 16.9 Å². The Balaban J connectivity index is 2.16. The van der Waals surface area contributed by atoms with Crippen molar-refractivity contribution in [2.45, 2.75) is 18.8 Å². The number of aromatic nitrogens is 3. The van der Waals surface area contributed by atoms with Crippen LogP contribution in [0.5, 0.6) is 0 Å². The molecule has 162 valence electrons. The second-order valence-electron chi connectivity index (χ2n) is 6.23. The van der Waals surface area contributed by atoms with Crippen molar-refractivity contribution in [3.63, 3.8) is 0 Å². The number of amides is 1. The molecule has 31 heavy (non-hydrogen) atoms. The zero-order valence-electron chi connectivity index (χ0n) is 15.3. The number of halogens is 5. The van der Waals surface area contributed by atoms with Crippen molar-refractivity contribution in [2.75, 3.05) is 0 Å². The zero-order valence-corrected chi connectivity index (χ0v) is 16.1. The normalized spacial score (nSPS) is 13.1. The predicted octanol–water partition coefficient (Wildman–Crippen LogP) is 2.74. The van der Waals surface area contributed by atoms with E-state index >= 15 is 0 Å². The molecule has 0 fully saturated rings. The lowest BCUT2D eigenvalue weighted by Crippen LogP contribution is -2.48. The molecule has 2 unspecified atom stereocenters. The van der Waals surface area contributed by atoms with Crippen LogP contribution in [0.3, 0.4) is 0 Å². The van der Waals surface area contributed by atoms with Gasteiger partial charge in [-0.25, -0.2) is 17.6 Å². The van der Waals surface area contributed by atoms with Gasteiger partial charge in [-0.2, -0.15) is 9.78 Å². The molecule has 0 aliphatic carbocycles. The highest BCUT2D eigenvalue weighted by atomic mass is 35.5. The van der Waals surface area contributed by atoms with Crippen molar-refractivity contribution in [1.29, 1.82) is 0 Å². The number of nitrogens with one attached hydrogen (secondary N) is 1. The average molecular weight is 457 g/mol. The van der Waals surface area contributed by atoms with Crippen LogP contribution in [0.4, 0.5) is 17.6 Å². The first-order valence-electron chi connectivity index (χ1n) is 8.60. The number of carbonyl (C=O) groups excluding carboxylic acids is 1. The summed E-state index contributed by atoms with van der Waals surface area (Å²) >= 11 is 5.85. The third kappa shape index (κ3) is 5.06. The van der Waals surface area contributed by atoms with E-state index in [0.29, 0.717) is 15.3 Å². The van der Waals surface area contributed by atoms with Crippen LogP contribution in [-0.2, 0) is 0 Å². The molecule has 1 aromatic carbocycles. The highest BCUT2D eigenvalue weighted by Crippen LogP contribution is 2.20. The number of rotatable bonds is 6. The van der Waals surface area contributed by atoms with Gasteiger partial charge in [-0.05, 0) is 18.2 Å². The molecule has 3 rings (SSSR count). The van der Waals surface area contributed by atoms with Crippen LogP contribution in [0.2, 0.25) is 5.02 Å². The maximum Gasteiger partial charge on any atom is 0.284 e. The number of hydrogen-bond acceptors (Lipinski definition) is 5. The van der Waals surface area contributed by atoms with E-state index in [1.807, 2.05) is 0 Å². The second kappa shape index (κ2) is 9.23. The Morgan fingerprint density at radius 2 is 1.81 bits per heavy atom. The number of hydrogen-bond donors (Lipinski definition) is 2. The van der Waals surface area contributed by atoms with E-state index in [0.717, 1.165) is 24.5 Å². The Kier molecular flexibility index (Phi) is 6.66. The van der Waals surface area contributed by atoms with Gasteiger partial charge in [-0.1, -0.05) is 23.7 Å². The SMILES string of the molecule is O=C(NC(C(O)F)C(F)F)c1cc(-c2ccc(Cl)cc2)nn(-c2cncc(F)c2)c1=O. The van der Waals surface area contributed by atoms with Gasteiger partial charge < -0.3 is 10.4 Å². The van der Waals surface area contributed by atoms with Crippen LogP contribution in [0.15, 0.2) is 53.6 Å². The van der Waals surface area contributed by atoms with Gasteiger partial charge in [0.15, 0.2) is 0 Å². The van der Waals surface area contributed by atoms with Crippen molar-refractivity contribution in [3.05, 3.63) is 75.5 Å². The minimum Gasteiger partial charge on any atom is -0.362 e. The van der Waals surface area contributed by atoms with Crippen molar-refractivity contribution < 1.29 is 27.5 Å². The maximum atomic E-state index is 13.6. The first-order valence-corrected chi connectivity index (χ1v) is 8.97. The summed E-state index contributed by atoms with van der Waals surface area (Å²) in [5.41, 5.74) is -1.54. The number of pyridine rings is 1. The molecule has 2 aromatic heterocycles. The number of benzene rings is 1. The molecule has 0 saturated heterocycles. The van der Waals surface area contributed by atoms with Crippen molar-refractivity contribution >= 4 is 17.5 Å². The molecule has 0 radical (unpaired) electrons. The summed E-state index contributed by atoms with van der Waals surface area (Å²) in [5.74, 6) is -2.19. The molecule has 2 N–H and O–H groups in total. The topological polar surface area (TPSA) is 97.1 Å². The minimum absolute atomic E-state index is 0.0278. The molecule has 1 amide bonds. The Morgan fingerprint density at radius 3 is 2.39 bits per heavy atom. The molecule has 7 nitrogen and oxygen atoms in total. The number of aliphatic hydroxyl groups is 1. The quantitative estimate of drug-likeness (QED) is 0.556.